The van der Waals surface area contributed by atoms with Crippen LogP contribution in [0.4, 0.5) is 28.8 Å². The van der Waals surface area contributed by atoms with E-state index < -0.39 is 0 Å². The first kappa shape index (κ1) is 19.6. The Hall–Kier alpha value is -4.14. The van der Waals surface area contributed by atoms with Gasteiger partial charge in [-0.2, -0.15) is 4.98 Å². The summed E-state index contributed by atoms with van der Waals surface area (Å²) in [6.45, 7) is 3.44. The summed E-state index contributed by atoms with van der Waals surface area (Å²) < 4.78 is 10.4. The standard InChI is InChI=1S/C20H20N6O3/c1-4-17(27)23-13-6-5-7-14(10-13)24-19-16(28-2)12-22-20(26-19)25-15-8-9-18(29-3)21-11-15/h4-12H,1H2,2-3H3,(H,23,27)(H2,22,24,25,26). The first-order valence-corrected chi connectivity index (χ1v) is 8.60. The number of nitrogens with one attached hydrogen (secondary N) is 3. The summed E-state index contributed by atoms with van der Waals surface area (Å²) >= 11 is 0. The number of amides is 1. The van der Waals surface area contributed by atoms with Crippen LogP contribution in [0.1, 0.15) is 0 Å². The number of nitrogens with zero attached hydrogens (tertiary/aromatic N) is 3. The van der Waals surface area contributed by atoms with Crippen LogP contribution in [0.25, 0.3) is 0 Å². The molecule has 3 aromatic rings. The smallest absolute Gasteiger partial charge is 0.247 e. The second-order valence-electron chi connectivity index (χ2n) is 5.72. The van der Waals surface area contributed by atoms with E-state index in [0.29, 0.717) is 40.5 Å². The molecule has 29 heavy (non-hydrogen) atoms. The van der Waals surface area contributed by atoms with E-state index in [1.807, 2.05) is 6.07 Å². The predicted octanol–water partition coefficient (Wildman–Crippen LogP) is 3.50. The molecule has 9 heteroatoms. The van der Waals surface area contributed by atoms with Gasteiger partial charge in [-0.3, -0.25) is 4.79 Å². The number of hydrogen-bond acceptors (Lipinski definition) is 8. The third-order valence-corrected chi connectivity index (χ3v) is 3.75. The quantitative estimate of drug-likeness (QED) is 0.500. The summed E-state index contributed by atoms with van der Waals surface area (Å²) in [5, 5.41) is 8.95. The summed E-state index contributed by atoms with van der Waals surface area (Å²) in [5.41, 5.74) is 2.03. The number of methoxy groups -OCH3 is 2. The molecule has 2 aromatic heterocycles. The highest BCUT2D eigenvalue weighted by molar-refractivity contribution is 5.99. The Bertz CT molecular complexity index is 1010. The largest absolute Gasteiger partial charge is 0.491 e. The van der Waals surface area contributed by atoms with Crippen molar-refractivity contribution < 1.29 is 14.3 Å². The van der Waals surface area contributed by atoms with Crippen LogP contribution in [0.5, 0.6) is 11.6 Å². The van der Waals surface area contributed by atoms with Crippen molar-refractivity contribution >= 4 is 34.7 Å². The van der Waals surface area contributed by atoms with Crippen molar-refractivity contribution in [2.45, 2.75) is 0 Å². The summed E-state index contributed by atoms with van der Waals surface area (Å²) in [5.74, 6) is 1.50. The van der Waals surface area contributed by atoms with Gasteiger partial charge in [-0.1, -0.05) is 12.6 Å². The molecule has 0 fully saturated rings. The second-order valence-corrected chi connectivity index (χ2v) is 5.72. The fraction of sp³-hybridized carbons (Fsp3) is 0.100. The van der Waals surface area contributed by atoms with E-state index in [-0.39, 0.29) is 5.91 Å². The van der Waals surface area contributed by atoms with Gasteiger partial charge in [-0.05, 0) is 30.3 Å². The third kappa shape index (κ3) is 5.19. The van der Waals surface area contributed by atoms with Gasteiger partial charge in [0.15, 0.2) is 11.6 Å². The van der Waals surface area contributed by atoms with Gasteiger partial charge in [0.25, 0.3) is 0 Å². The molecule has 0 bridgehead atoms. The Labute approximate surface area is 167 Å². The lowest BCUT2D eigenvalue weighted by Crippen LogP contribution is -2.07. The summed E-state index contributed by atoms with van der Waals surface area (Å²) in [6.07, 6.45) is 4.38. The molecule has 0 saturated carbocycles. The van der Waals surface area contributed by atoms with Gasteiger partial charge >= 0.3 is 0 Å². The van der Waals surface area contributed by atoms with Crippen molar-refractivity contribution in [3.63, 3.8) is 0 Å². The topological polar surface area (TPSA) is 110 Å². The van der Waals surface area contributed by atoms with Crippen molar-refractivity contribution in [2.75, 3.05) is 30.2 Å². The molecule has 148 valence electrons. The Morgan fingerprint density at radius 1 is 1.00 bits per heavy atom. The van der Waals surface area contributed by atoms with Crippen LogP contribution < -0.4 is 25.4 Å². The Kier molecular flexibility index (Phi) is 6.21. The SMILES string of the molecule is C=CC(=O)Nc1cccc(Nc2nc(Nc3ccc(OC)nc3)ncc2OC)c1. The van der Waals surface area contributed by atoms with Crippen molar-refractivity contribution in [1.82, 2.24) is 15.0 Å². The fourth-order valence-corrected chi connectivity index (χ4v) is 2.38. The zero-order valence-electron chi connectivity index (χ0n) is 16.0. The summed E-state index contributed by atoms with van der Waals surface area (Å²) in [6, 6.07) is 10.7. The number of benzene rings is 1. The molecule has 0 aliphatic carbocycles. The molecule has 0 saturated heterocycles. The molecule has 0 spiro atoms. The van der Waals surface area contributed by atoms with E-state index in [4.69, 9.17) is 9.47 Å². The highest BCUT2D eigenvalue weighted by atomic mass is 16.5. The van der Waals surface area contributed by atoms with Gasteiger partial charge < -0.3 is 25.4 Å². The molecule has 0 atom stereocenters. The van der Waals surface area contributed by atoms with Crippen LogP contribution in [0.15, 0.2) is 61.4 Å². The van der Waals surface area contributed by atoms with Gasteiger partial charge in [-0.15, -0.1) is 0 Å². The third-order valence-electron chi connectivity index (χ3n) is 3.75. The van der Waals surface area contributed by atoms with E-state index in [2.05, 4.69) is 37.5 Å². The van der Waals surface area contributed by atoms with Crippen LogP contribution >= 0.6 is 0 Å². The van der Waals surface area contributed by atoms with Crippen LogP contribution in [0.3, 0.4) is 0 Å². The van der Waals surface area contributed by atoms with Crippen molar-refractivity contribution in [2.24, 2.45) is 0 Å². The van der Waals surface area contributed by atoms with Crippen molar-refractivity contribution in [3.8, 4) is 11.6 Å². The summed E-state index contributed by atoms with van der Waals surface area (Å²) in [4.78, 5) is 24.3. The average molecular weight is 392 g/mol. The number of aromatic nitrogens is 3. The Morgan fingerprint density at radius 3 is 2.52 bits per heavy atom. The van der Waals surface area contributed by atoms with Crippen LogP contribution in [0.2, 0.25) is 0 Å². The first-order valence-electron chi connectivity index (χ1n) is 8.60. The molecular formula is C20H20N6O3. The number of pyridine rings is 1. The van der Waals surface area contributed by atoms with Crippen LogP contribution in [-0.4, -0.2) is 35.1 Å². The van der Waals surface area contributed by atoms with Crippen LogP contribution in [0, 0.1) is 0 Å². The van der Waals surface area contributed by atoms with Gasteiger partial charge in [0.2, 0.25) is 17.7 Å². The van der Waals surface area contributed by atoms with Gasteiger partial charge in [0.1, 0.15) is 0 Å². The molecule has 0 aliphatic rings. The van der Waals surface area contributed by atoms with E-state index in [9.17, 15) is 4.79 Å². The highest BCUT2D eigenvalue weighted by Gasteiger charge is 2.10. The summed E-state index contributed by atoms with van der Waals surface area (Å²) in [7, 11) is 3.09. The van der Waals surface area contributed by atoms with Crippen molar-refractivity contribution in [3.05, 3.63) is 61.4 Å². The minimum absolute atomic E-state index is 0.290. The Morgan fingerprint density at radius 2 is 1.83 bits per heavy atom. The van der Waals surface area contributed by atoms with E-state index in [0.717, 1.165) is 0 Å². The Balaban J connectivity index is 1.81. The number of carbonyl (C=O) groups excluding carboxylic acids is 1. The maximum atomic E-state index is 11.5. The second kappa shape index (κ2) is 9.18. The zero-order valence-corrected chi connectivity index (χ0v) is 16.0. The molecule has 0 radical (unpaired) electrons. The average Bonchev–Trinajstić information content (AvgIpc) is 2.75. The fourth-order valence-electron chi connectivity index (χ4n) is 2.38. The molecule has 2 heterocycles. The number of rotatable bonds is 8. The molecule has 0 unspecified atom stereocenters. The number of hydrogen-bond donors (Lipinski definition) is 3. The first-order chi connectivity index (χ1) is 14.1. The molecule has 3 rings (SSSR count). The maximum Gasteiger partial charge on any atom is 0.247 e. The minimum Gasteiger partial charge on any atom is -0.491 e. The van der Waals surface area contributed by atoms with Crippen LogP contribution in [-0.2, 0) is 4.79 Å². The monoisotopic (exact) mass is 392 g/mol. The van der Waals surface area contributed by atoms with E-state index >= 15 is 0 Å². The van der Waals surface area contributed by atoms with E-state index in [1.165, 1.54) is 13.2 Å². The molecule has 1 aromatic carbocycles. The lowest BCUT2D eigenvalue weighted by molar-refractivity contribution is -0.111. The number of carbonyl (C=O) groups is 1. The number of ether oxygens (including phenoxy) is 2. The van der Waals surface area contributed by atoms with Gasteiger partial charge in [-0.25, -0.2) is 9.97 Å². The molecule has 3 N–H and O–H groups in total. The lowest BCUT2D eigenvalue weighted by Gasteiger charge is -2.13. The van der Waals surface area contributed by atoms with Crippen molar-refractivity contribution in [1.29, 1.82) is 0 Å². The van der Waals surface area contributed by atoms with E-state index in [1.54, 1.807) is 49.8 Å². The van der Waals surface area contributed by atoms with Gasteiger partial charge in [0.05, 0.1) is 32.3 Å². The predicted molar refractivity (Wildman–Crippen MR) is 111 cm³/mol. The number of anilines is 5. The molecule has 0 aliphatic heterocycles. The maximum absolute atomic E-state index is 11.5. The minimum atomic E-state index is -0.290. The molecule has 9 nitrogen and oxygen atoms in total. The highest BCUT2D eigenvalue weighted by Crippen LogP contribution is 2.28. The molecule has 1 amide bonds. The lowest BCUT2D eigenvalue weighted by atomic mass is 10.2. The molecular weight excluding hydrogens is 372 g/mol. The normalized spacial score (nSPS) is 10.0. The zero-order chi connectivity index (χ0) is 20.6. The van der Waals surface area contributed by atoms with Gasteiger partial charge in [0, 0.05) is 17.4 Å².